The summed E-state index contributed by atoms with van der Waals surface area (Å²) in [5.74, 6) is -0.560. The van der Waals surface area contributed by atoms with Gasteiger partial charge in [0.15, 0.2) is 6.61 Å². The van der Waals surface area contributed by atoms with Crippen molar-refractivity contribution in [1.82, 2.24) is 14.8 Å². The van der Waals surface area contributed by atoms with E-state index in [9.17, 15) is 10.0 Å². The first-order valence-electron chi connectivity index (χ1n) is 7.94. The molecule has 0 fully saturated rings. The van der Waals surface area contributed by atoms with Gasteiger partial charge in [-0.1, -0.05) is 41.4 Å². The van der Waals surface area contributed by atoms with Crippen molar-refractivity contribution >= 4 is 17.6 Å². The van der Waals surface area contributed by atoms with Crippen LogP contribution >= 0.6 is 11.6 Å². The van der Waals surface area contributed by atoms with Gasteiger partial charge in [-0.25, -0.2) is 14.2 Å². The lowest BCUT2D eigenvalue weighted by Crippen LogP contribution is -2.33. The van der Waals surface area contributed by atoms with Crippen LogP contribution < -0.4 is 4.73 Å². The third-order valence-corrected chi connectivity index (χ3v) is 4.22. The number of rotatable bonds is 5. The van der Waals surface area contributed by atoms with E-state index < -0.39 is 5.97 Å². The van der Waals surface area contributed by atoms with Crippen molar-refractivity contribution in [3.05, 3.63) is 81.3 Å². The third-order valence-electron chi connectivity index (χ3n) is 3.84. The molecule has 0 unspecified atom stereocenters. The Bertz CT molecular complexity index is 938. The van der Waals surface area contributed by atoms with Crippen LogP contribution in [0.15, 0.2) is 42.7 Å². The molecule has 3 rings (SSSR count). The quantitative estimate of drug-likeness (QED) is 0.390. The van der Waals surface area contributed by atoms with E-state index in [4.69, 9.17) is 16.3 Å². The molecular weight excluding hydrogens is 356 g/mol. The summed E-state index contributed by atoms with van der Waals surface area (Å²) in [7, 11) is 0. The average molecular weight is 373 g/mol. The molecule has 0 aliphatic rings. The number of carbonyl (C=O) groups is 1. The molecule has 0 amide bonds. The Kier molecular flexibility index (Phi) is 5.18. The van der Waals surface area contributed by atoms with Crippen LogP contribution in [0, 0.1) is 19.1 Å². The second kappa shape index (κ2) is 7.53. The summed E-state index contributed by atoms with van der Waals surface area (Å²) in [5.41, 5.74) is 2.82. The zero-order valence-corrected chi connectivity index (χ0v) is 15.1. The minimum absolute atomic E-state index is 0.0849. The van der Waals surface area contributed by atoms with Crippen molar-refractivity contribution in [2.45, 2.75) is 27.0 Å². The van der Waals surface area contributed by atoms with Gasteiger partial charge < -0.3 is 9.94 Å². The van der Waals surface area contributed by atoms with Crippen LogP contribution in [-0.2, 0) is 17.9 Å². The Balaban J connectivity index is 1.75. The molecule has 0 bridgehead atoms. The molecule has 0 radical (unpaired) electrons. The molecule has 3 aromatic rings. The van der Waals surface area contributed by atoms with Crippen LogP contribution in [0.3, 0.4) is 0 Å². The highest BCUT2D eigenvalue weighted by atomic mass is 35.5. The maximum absolute atomic E-state index is 12.4. The van der Waals surface area contributed by atoms with E-state index in [-0.39, 0.29) is 23.1 Å². The molecule has 1 aromatic carbocycles. The highest BCUT2D eigenvalue weighted by molar-refractivity contribution is 6.32. The number of aryl methyl sites for hydroxylation is 2. The predicted molar refractivity (Wildman–Crippen MR) is 94.6 cm³/mol. The number of hydrogen-bond acceptors (Lipinski definition) is 5. The van der Waals surface area contributed by atoms with Gasteiger partial charge in [-0.15, -0.1) is 0 Å². The van der Waals surface area contributed by atoms with Crippen molar-refractivity contribution in [2.24, 2.45) is 0 Å². The van der Waals surface area contributed by atoms with E-state index in [2.05, 4.69) is 10.1 Å². The van der Waals surface area contributed by atoms with Gasteiger partial charge in [0.1, 0.15) is 16.9 Å². The first-order valence-corrected chi connectivity index (χ1v) is 8.32. The molecule has 0 spiro atoms. The standard InChI is InChI=1S/C18H17ClN4O3/c1-12-4-6-14(7-5-12)10-22-17(19)16(13(2)21-22)18(24)26-11-15-20-8-3-9-23(15)25/h3-9H,10-11H2,1-2H3. The normalized spacial score (nSPS) is 10.7. The molecule has 7 nitrogen and oxygen atoms in total. The fraction of sp³-hybridized carbons (Fsp3) is 0.222. The Hall–Kier alpha value is -2.93. The van der Waals surface area contributed by atoms with Gasteiger partial charge >= 0.3 is 11.8 Å². The number of nitrogens with zero attached hydrogens (tertiary/aromatic N) is 4. The Labute approximate surface area is 155 Å². The van der Waals surface area contributed by atoms with Gasteiger partial charge in [0.25, 0.3) is 0 Å². The minimum Gasteiger partial charge on any atom is -0.711 e. The molecule has 0 aliphatic carbocycles. The van der Waals surface area contributed by atoms with E-state index in [0.717, 1.165) is 11.1 Å². The van der Waals surface area contributed by atoms with Crippen LogP contribution in [0.4, 0.5) is 0 Å². The van der Waals surface area contributed by atoms with Crippen LogP contribution in [0.25, 0.3) is 0 Å². The van der Waals surface area contributed by atoms with E-state index in [1.165, 1.54) is 18.5 Å². The Morgan fingerprint density at radius 2 is 2.04 bits per heavy atom. The van der Waals surface area contributed by atoms with Crippen LogP contribution in [0.1, 0.15) is 33.0 Å². The summed E-state index contributed by atoms with van der Waals surface area (Å²) in [4.78, 5) is 16.3. The molecule has 0 atom stereocenters. The summed E-state index contributed by atoms with van der Waals surface area (Å²) >= 11 is 6.34. The first kappa shape index (κ1) is 17.9. The largest absolute Gasteiger partial charge is 0.711 e. The third kappa shape index (κ3) is 3.83. The van der Waals surface area contributed by atoms with Crippen LogP contribution in [-0.4, -0.2) is 20.7 Å². The molecule has 26 heavy (non-hydrogen) atoms. The van der Waals surface area contributed by atoms with Gasteiger partial charge in [-0.3, -0.25) is 0 Å². The Morgan fingerprint density at radius 1 is 1.31 bits per heavy atom. The monoisotopic (exact) mass is 372 g/mol. The van der Waals surface area contributed by atoms with Gasteiger partial charge in [0.2, 0.25) is 0 Å². The number of carbonyl (C=O) groups excluding carboxylic acids is 1. The number of halogens is 1. The van der Waals surface area contributed by atoms with Crippen LogP contribution in [0.5, 0.6) is 0 Å². The second-order valence-corrected chi connectivity index (χ2v) is 6.19. The minimum atomic E-state index is -0.645. The van der Waals surface area contributed by atoms with Crippen molar-refractivity contribution in [1.29, 1.82) is 0 Å². The number of hydrogen-bond donors (Lipinski definition) is 0. The highest BCUT2D eigenvalue weighted by Crippen LogP contribution is 2.22. The van der Waals surface area contributed by atoms with Crippen molar-refractivity contribution in [2.75, 3.05) is 0 Å². The number of aromatic nitrogens is 4. The summed E-state index contributed by atoms with van der Waals surface area (Å²) in [6, 6.07) is 9.46. The van der Waals surface area contributed by atoms with Crippen LogP contribution in [0.2, 0.25) is 5.15 Å². The zero-order valence-electron chi connectivity index (χ0n) is 14.3. The van der Waals surface area contributed by atoms with Gasteiger partial charge in [0, 0.05) is 6.07 Å². The fourth-order valence-corrected chi connectivity index (χ4v) is 2.76. The maximum Gasteiger partial charge on any atom is 0.343 e. The molecule has 2 aromatic heterocycles. The molecule has 8 heteroatoms. The van der Waals surface area contributed by atoms with Crippen molar-refractivity contribution in [3.63, 3.8) is 0 Å². The molecule has 0 saturated heterocycles. The molecule has 134 valence electrons. The average Bonchev–Trinajstić information content (AvgIpc) is 2.89. The first-order chi connectivity index (χ1) is 12.5. The lowest BCUT2D eigenvalue weighted by atomic mass is 10.1. The maximum atomic E-state index is 12.4. The smallest absolute Gasteiger partial charge is 0.343 e. The number of ether oxygens (including phenoxy) is 1. The van der Waals surface area contributed by atoms with E-state index >= 15 is 0 Å². The topological polar surface area (TPSA) is 84.0 Å². The van der Waals surface area contributed by atoms with Crippen molar-refractivity contribution in [3.8, 4) is 0 Å². The fourth-order valence-electron chi connectivity index (χ4n) is 2.45. The van der Waals surface area contributed by atoms with Gasteiger partial charge in [0.05, 0.1) is 18.4 Å². The SMILES string of the molecule is Cc1ccc(Cn2nc(C)c(C(=O)OCc3nccc[n+]3[O-])c2Cl)cc1. The summed E-state index contributed by atoms with van der Waals surface area (Å²) in [6.07, 6.45) is 2.74. The second-order valence-electron chi connectivity index (χ2n) is 5.83. The molecule has 0 N–H and O–H groups in total. The number of benzene rings is 1. The zero-order chi connectivity index (χ0) is 18.7. The number of esters is 1. The van der Waals surface area contributed by atoms with E-state index in [1.54, 1.807) is 11.6 Å². The molecular formula is C18H17ClN4O3. The highest BCUT2D eigenvalue weighted by Gasteiger charge is 2.23. The van der Waals surface area contributed by atoms with Gasteiger partial charge in [-0.2, -0.15) is 5.10 Å². The molecule has 2 heterocycles. The van der Waals surface area contributed by atoms with E-state index in [0.29, 0.717) is 17.0 Å². The molecule has 0 aliphatic heterocycles. The molecule has 0 saturated carbocycles. The summed E-state index contributed by atoms with van der Waals surface area (Å²) in [6.45, 7) is 3.88. The Morgan fingerprint density at radius 3 is 2.73 bits per heavy atom. The van der Waals surface area contributed by atoms with E-state index in [1.807, 2.05) is 31.2 Å². The lowest BCUT2D eigenvalue weighted by Gasteiger charge is -2.06. The van der Waals surface area contributed by atoms with Gasteiger partial charge in [-0.05, 0) is 24.4 Å². The summed E-state index contributed by atoms with van der Waals surface area (Å²) in [5, 5.41) is 16.1. The van der Waals surface area contributed by atoms with Crippen molar-refractivity contribution < 1.29 is 14.3 Å². The predicted octanol–water partition coefficient (Wildman–Crippen LogP) is 2.59. The lowest BCUT2D eigenvalue weighted by molar-refractivity contribution is -0.620. The summed E-state index contributed by atoms with van der Waals surface area (Å²) < 4.78 is 7.27.